The highest BCUT2D eigenvalue weighted by Crippen LogP contribution is 2.33. The van der Waals surface area contributed by atoms with Crippen LogP contribution in [-0.2, 0) is 14.8 Å². The van der Waals surface area contributed by atoms with E-state index in [1.165, 1.54) is 12.3 Å². The Morgan fingerprint density at radius 1 is 1.21 bits per heavy atom. The second-order valence-corrected chi connectivity index (χ2v) is 8.85. The van der Waals surface area contributed by atoms with Gasteiger partial charge < -0.3 is 4.74 Å². The standard InChI is InChI=1S/C19H17ClN2O4S2/c1-3-26-18(23)14-8-5-4-7-13(14)16-11-21-19(27-16)22-28(24,25)17-10-6-9-15(20)12(17)2/h4-11H,3H2,1-2H3,(H,21,22). The molecule has 1 N–H and O–H groups in total. The molecule has 0 spiro atoms. The van der Waals surface area contributed by atoms with Gasteiger partial charge in [-0.25, -0.2) is 18.2 Å². The van der Waals surface area contributed by atoms with Crippen molar-refractivity contribution in [3.63, 3.8) is 0 Å². The summed E-state index contributed by atoms with van der Waals surface area (Å²) in [7, 11) is -3.85. The minimum absolute atomic E-state index is 0.0867. The molecule has 0 radical (unpaired) electrons. The fourth-order valence-electron chi connectivity index (χ4n) is 2.58. The molecule has 9 heteroatoms. The molecule has 0 saturated heterocycles. The fraction of sp³-hybridized carbons (Fsp3) is 0.158. The first-order chi connectivity index (χ1) is 13.3. The highest BCUT2D eigenvalue weighted by Gasteiger charge is 2.21. The number of hydrogen-bond donors (Lipinski definition) is 1. The van der Waals surface area contributed by atoms with Crippen LogP contribution in [0.15, 0.2) is 53.6 Å². The normalized spacial score (nSPS) is 11.2. The topological polar surface area (TPSA) is 85.4 Å². The van der Waals surface area contributed by atoms with Gasteiger partial charge in [0.1, 0.15) is 0 Å². The van der Waals surface area contributed by atoms with Crippen LogP contribution in [0.4, 0.5) is 5.13 Å². The van der Waals surface area contributed by atoms with Gasteiger partial charge >= 0.3 is 5.97 Å². The largest absolute Gasteiger partial charge is 0.462 e. The molecule has 0 amide bonds. The van der Waals surface area contributed by atoms with E-state index >= 15 is 0 Å². The number of benzene rings is 2. The van der Waals surface area contributed by atoms with Crippen LogP contribution in [0.25, 0.3) is 10.4 Å². The number of sulfonamides is 1. The molecule has 0 unspecified atom stereocenters. The van der Waals surface area contributed by atoms with Crippen molar-refractivity contribution in [3.8, 4) is 10.4 Å². The highest BCUT2D eigenvalue weighted by atomic mass is 35.5. The number of carbonyl (C=O) groups excluding carboxylic acids is 1. The third-order valence-corrected chi connectivity index (χ3v) is 6.89. The number of hydrogen-bond acceptors (Lipinski definition) is 6. The van der Waals surface area contributed by atoms with Gasteiger partial charge in [0.15, 0.2) is 5.13 Å². The van der Waals surface area contributed by atoms with Crippen molar-refractivity contribution in [2.45, 2.75) is 18.7 Å². The molecule has 146 valence electrons. The first kappa shape index (κ1) is 20.3. The van der Waals surface area contributed by atoms with Gasteiger partial charge in [0.05, 0.1) is 21.9 Å². The Morgan fingerprint density at radius 2 is 1.96 bits per heavy atom. The van der Waals surface area contributed by atoms with E-state index in [0.717, 1.165) is 11.3 Å². The van der Waals surface area contributed by atoms with Crippen molar-refractivity contribution < 1.29 is 17.9 Å². The Balaban J connectivity index is 1.92. The number of nitrogens with zero attached hydrogens (tertiary/aromatic N) is 1. The summed E-state index contributed by atoms with van der Waals surface area (Å²) in [4.78, 5) is 17.0. The van der Waals surface area contributed by atoms with Crippen molar-refractivity contribution in [2.24, 2.45) is 0 Å². The van der Waals surface area contributed by atoms with E-state index in [9.17, 15) is 13.2 Å². The van der Waals surface area contributed by atoms with E-state index in [0.29, 0.717) is 26.6 Å². The van der Waals surface area contributed by atoms with E-state index < -0.39 is 16.0 Å². The first-order valence-corrected chi connectivity index (χ1v) is 11.0. The maximum atomic E-state index is 12.7. The molecular formula is C19H17ClN2O4S2. The highest BCUT2D eigenvalue weighted by molar-refractivity contribution is 7.93. The maximum absolute atomic E-state index is 12.7. The smallest absolute Gasteiger partial charge is 0.338 e. The van der Waals surface area contributed by atoms with E-state index in [-0.39, 0.29) is 16.6 Å². The number of thiazole rings is 1. The molecule has 3 aromatic rings. The molecule has 0 aliphatic rings. The van der Waals surface area contributed by atoms with Crippen LogP contribution in [0.1, 0.15) is 22.8 Å². The monoisotopic (exact) mass is 436 g/mol. The van der Waals surface area contributed by atoms with Crippen molar-refractivity contribution in [1.82, 2.24) is 4.98 Å². The van der Waals surface area contributed by atoms with Crippen LogP contribution in [0.5, 0.6) is 0 Å². The zero-order valence-corrected chi connectivity index (χ0v) is 17.5. The number of nitrogens with one attached hydrogen (secondary N) is 1. The van der Waals surface area contributed by atoms with Gasteiger partial charge in [-0.1, -0.05) is 47.2 Å². The number of rotatable bonds is 6. The predicted molar refractivity (Wildman–Crippen MR) is 111 cm³/mol. The molecule has 1 aromatic heterocycles. The second-order valence-electron chi connectivity index (χ2n) is 5.76. The van der Waals surface area contributed by atoms with Crippen LogP contribution < -0.4 is 4.72 Å². The minimum Gasteiger partial charge on any atom is -0.462 e. The third-order valence-electron chi connectivity index (χ3n) is 3.92. The zero-order valence-electron chi connectivity index (χ0n) is 15.1. The first-order valence-electron chi connectivity index (χ1n) is 8.33. The molecule has 0 saturated carbocycles. The van der Waals surface area contributed by atoms with Crippen LogP contribution in [-0.4, -0.2) is 26.0 Å². The summed E-state index contributed by atoms with van der Waals surface area (Å²) in [6.07, 6.45) is 1.52. The summed E-state index contributed by atoms with van der Waals surface area (Å²) in [5, 5.41) is 0.555. The van der Waals surface area contributed by atoms with Gasteiger partial charge in [-0.3, -0.25) is 4.72 Å². The SMILES string of the molecule is CCOC(=O)c1ccccc1-c1cnc(NS(=O)(=O)c2cccc(Cl)c2C)s1. The minimum atomic E-state index is -3.85. The molecule has 0 fully saturated rings. The molecule has 0 atom stereocenters. The Kier molecular flexibility index (Phi) is 6.02. The lowest BCUT2D eigenvalue weighted by Gasteiger charge is -2.09. The fourth-order valence-corrected chi connectivity index (χ4v) is 5.18. The molecule has 6 nitrogen and oxygen atoms in total. The Hall–Kier alpha value is -2.42. The molecule has 0 bridgehead atoms. The average molecular weight is 437 g/mol. The van der Waals surface area contributed by atoms with Crippen molar-refractivity contribution in [1.29, 1.82) is 0 Å². The summed E-state index contributed by atoms with van der Waals surface area (Å²) in [5.74, 6) is -0.441. The lowest BCUT2D eigenvalue weighted by Crippen LogP contribution is -2.14. The Bertz CT molecular complexity index is 1130. The third kappa shape index (κ3) is 4.19. The van der Waals surface area contributed by atoms with E-state index in [1.807, 2.05) is 0 Å². The summed E-state index contributed by atoms with van der Waals surface area (Å²) >= 11 is 7.16. The number of ether oxygens (including phenoxy) is 1. The zero-order chi connectivity index (χ0) is 20.3. The van der Waals surface area contributed by atoms with Crippen molar-refractivity contribution in [2.75, 3.05) is 11.3 Å². The molecule has 0 aliphatic carbocycles. The summed E-state index contributed by atoms with van der Waals surface area (Å²) in [6, 6.07) is 11.6. The van der Waals surface area contributed by atoms with Gasteiger partial charge in [0.25, 0.3) is 10.0 Å². The molecule has 28 heavy (non-hydrogen) atoms. The number of esters is 1. The molecule has 1 heterocycles. The maximum Gasteiger partial charge on any atom is 0.338 e. The summed E-state index contributed by atoms with van der Waals surface area (Å²) < 4.78 is 33.0. The van der Waals surface area contributed by atoms with Gasteiger partial charge in [0.2, 0.25) is 0 Å². The van der Waals surface area contributed by atoms with E-state index in [1.54, 1.807) is 50.2 Å². The van der Waals surface area contributed by atoms with Gasteiger partial charge in [-0.15, -0.1) is 0 Å². The van der Waals surface area contributed by atoms with E-state index in [4.69, 9.17) is 16.3 Å². The van der Waals surface area contributed by atoms with E-state index in [2.05, 4.69) is 9.71 Å². The predicted octanol–water partition coefficient (Wildman–Crippen LogP) is 4.75. The summed E-state index contributed by atoms with van der Waals surface area (Å²) in [5.41, 5.74) is 1.48. The lowest BCUT2D eigenvalue weighted by atomic mass is 10.1. The molecular weight excluding hydrogens is 420 g/mol. The summed E-state index contributed by atoms with van der Waals surface area (Å²) in [6.45, 7) is 3.64. The van der Waals surface area contributed by atoms with Crippen LogP contribution >= 0.6 is 22.9 Å². The molecule has 2 aromatic carbocycles. The lowest BCUT2D eigenvalue weighted by molar-refractivity contribution is 0.0527. The Morgan fingerprint density at radius 3 is 2.71 bits per heavy atom. The van der Waals surface area contributed by atoms with Crippen LogP contribution in [0, 0.1) is 6.92 Å². The number of anilines is 1. The number of halogens is 1. The van der Waals surface area contributed by atoms with Crippen LogP contribution in [0.2, 0.25) is 5.02 Å². The average Bonchev–Trinajstić information content (AvgIpc) is 3.11. The quantitative estimate of drug-likeness (QED) is 0.563. The number of carbonyl (C=O) groups is 1. The molecule has 3 rings (SSSR count). The van der Waals surface area contributed by atoms with Crippen molar-refractivity contribution in [3.05, 3.63) is 64.8 Å². The van der Waals surface area contributed by atoms with Gasteiger partial charge in [0, 0.05) is 16.8 Å². The van der Waals surface area contributed by atoms with Crippen molar-refractivity contribution >= 4 is 44.1 Å². The van der Waals surface area contributed by atoms with Gasteiger partial charge in [-0.05, 0) is 37.6 Å². The Labute approximate surface area is 172 Å². The molecule has 0 aliphatic heterocycles. The van der Waals surface area contributed by atoms with Crippen LogP contribution in [0.3, 0.4) is 0 Å². The second kappa shape index (κ2) is 8.30. The van der Waals surface area contributed by atoms with Gasteiger partial charge in [-0.2, -0.15) is 0 Å². The number of aromatic nitrogens is 1.